The molecule has 1 rings (SSSR count). The molecule has 1 aromatic heterocycles. The van der Waals surface area contributed by atoms with Gasteiger partial charge in [0.25, 0.3) is 0 Å². The number of aryl methyl sites for hydroxylation is 1. The highest BCUT2D eigenvalue weighted by molar-refractivity contribution is 7.15. The van der Waals surface area contributed by atoms with Gasteiger partial charge in [-0.25, -0.2) is 4.79 Å². The molecule has 0 saturated heterocycles. The summed E-state index contributed by atoms with van der Waals surface area (Å²) in [5.74, 6) is -0.917. The topological polar surface area (TPSA) is 84.3 Å². The van der Waals surface area contributed by atoms with Gasteiger partial charge in [-0.2, -0.15) is 0 Å². The molecule has 0 radical (unpaired) electrons. The molecule has 0 amide bonds. The first-order chi connectivity index (χ1) is 7.13. The lowest BCUT2D eigenvalue weighted by Gasteiger charge is -2.11. The lowest BCUT2D eigenvalue weighted by molar-refractivity contribution is -0.138. The fraction of sp³-hybridized carbons (Fsp3) is 0.625. The van der Waals surface area contributed by atoms with Crippen LogP contribution in [0.15, 0.2) is 0 Å². The van der Waals surface area contributed by atoms with Crippen molar-refractivity contribution in [3.63, 3.8) is 0 Å². The van der Waals surface area contributed by atoms with Gasteiger partial charge in [0.15, 0.2) is 0 Å². The molecule has 0 saturated carbocycles. The summed E-state index contributed by atoms with van der Waals surface area (Å²) >= 11 is 1.33. The van der Waals surface area contributed by atoms with Crippen LogP contribution in [0.3, 0.4) is 0 Å². The molecule has 1 heterocycles. The third-order valence-corrected chi connectivity index (χ3v) is 2.50. The summed E-state index contributed by atoms with van der Waals surface area (Å²) in [6, 6.07) is -0.683. The summed E-state index contributed by atoms with van der Waals surface area (Å²) in [6.07, 6.45) is 0.393. The van der Waals surface area contributed by atoms with Crippen molar-refractivity contribution >= 4 is 22.4 Å². The Morgan fingerprint density at radius 1 is 1.67 bits per heavy atom. The molecule has 1 atom stereocenters. The second-order valence-corrected chi connectivity index (χ2v) is 4.12. The maximum atomic E-state index is 10.9. The van der Waals surface area contributed by atoms with E-state index in [1.807, 2.05) is 6.92 Å². The van der Waals surface area contributed by atoms with Crippen LogP contribution in [0, 0.1) is 6.92 Å². The Bertz CT molecular complexity index is 329. The van der Waals surface area contributed by atoms with E-state index in [1.54, 1.807) is 0 Å². The van der Waals surface area contributed by atoms with Gasteiger partial charge in [-0.05, 0) is 6.92 Å². The number of carboxylic acids is 1. The smallest absolute Gasteiger partial charge is 0.326 e. The number of aromatic nitrogens is 2. The monoisotopic (exact) mass is 231 g/mol. The lowest BCUT2D eigenvalue weighted by Crippen LogP contribution is -2.30. The highest BCUT2D eigenvalue weighted by Crippen LogP contribution is 2.15. The van der Waals surface area contributed by atoms with E-state index in [0.717, 1.165) is 5.01 Å². The zero-order valence-corrected chi connectivity index (χ0v) is 9.37. The number of rotatable bonds is 6. The Kier molecular flexibility index (Phi) is 4.44. The average Bonchev–Trinajstić information content (AvgIpc) is 2.58. The fourth-order valence-corrected chi connectivity index (χ4v) is 1.64. The second-order valence-electron chi connectivity index (χ2n) is 2.94. The molecule has 1 unspecified atom stereocenters. The van der Waals surface area contributed by atoms with Gasteiger partial charge in [-0.15, -0.1) is 10.2 Å². The van der Waals surface area contributed by atoms with Crippen molar-refractivity contribution < 1.29 is 14.6 Å². The number of carboxylic acid groups (broad SMARTS) is 1. The molecule has 15 heavy (non-hydrogen) atoms. The number of anilines is 1. The number of hydrogen-bond acceptors (Lipinski definition) is 6. The molecular formula is C8H13N3O3S. The van der Waals surface area contributed by atoms with Crippen LogP contribution in [0.2, 0.25) is 0 Å². The molecule has 7 heteroatoms. The molecule has 0 aliphatic rings. The third kappa shape index (κ3) is 3.80. The number of nitrogens with one attached hydrogen (secondary N) is 1. The van der Waals surface area contributed by atoms with E-state index in [0.29, 0.717) is 18.2 Å². The van der Waals surface area contributed by atoms with Crippen molar-refractivity contribution in [1.82, 2.24) is 10.2 Å². The molecule has 0 bridgehead atoms. The predicted octanol–water partition coefficient (Wildman–Crippen LogP) is 0.748. The van der Waals surface area contributed by atoms with Crippen LogP contribution >= 0.6 is 11.3 Å². The lowest BCUT2D eigenvalue weighted by atomic mass is 10.2. The molecule has 2 N–H and O–H groups in total. The van der Waals surface area contributed by atoms with Gasteiger partial charge in [-0.1, -0.05) is 11.3 Å². The van der Waals surface area contributed by atoms with Gasteiger partial charge < -0.3 is 15.2 Å². The van der Waals surface area contributed by atoms with Crippen LogP contribution in [0.5, 0.6) is 0 Å². The van der Waals surface area contributed by atoms with Crippen molar-refractivity contribution in [3.8, 4) is 0 Å². The van der Waals surface area contributed by atoms with E-state index >= 15 is 0 Å². The van der Waals surface area contributed by atoms with Crippen molar-refractivity contribution in [2.75, 3.05) is 19.0 Å². The first-order valence-electron chi connectivity index (χ1n) is 4.42. The van der Waals surface area contributed by atoms with E-state index in [1.165, 1.54) is 18.4 Å². The molecule has 0 aliphatic carbocycles. The molecule has 0 aliphatic heterocycles. The normalized spacial score (nSPS) is 12.4. The van der Waals surface area contributed by atoms with Crippen LogP contribution in [0.25, 0.3) is 0 Å². The first kappa shape index (κ1) is 11.9. The number of hydrogen-bond donors (Lipinski definition) is 2. The molecule has 84 valence electrons. The van der Waals surface area contributed by atoms with Gasteiger partial charge in [0, 0.05) is 20.1 Å². The minimum Gasteiger partial charge on any atom is -0.480 e. The zero-order valence-electron chi connectivity index (χ0n) is 8.56. The molecule has 1 aromatic rings. The zero-order chi connectivity index (χ0) is 11.3. The number of aliphatic carboxylic acids is 1. The van der Waals surface area contributed by atoms with Crippen molar-refractivity contribution in [2.24, 2.45) is 0 Å². The summed E-state index contributed by atoms with van der Waals surface area (Å²) in [5, 5.41) is 20.6. The van der Waals surface area contributed by atoms with Crippen molar-refractivity contribution in [2.45, 2.75) is 19.4 Å². The van der Waals surface area contributed by atoms with Crippen LogP contribution in [-0.4, -0.2) is 41.0 Å². The van der Waals surface area contributed by atoms with Crippen molar-refractivity contribution in [3.05, 3.63) is 5.01 Å². The van der Waals surface area contributed by atoms with Gasteiger partial charge >= 0.3 is 5.97 Å². The predicted molar refractivity (Wildman–Crippen MR) is 56.2 cm³/mol. The fourth-order valence-electron chi connectivity index (χ4n) is 0.997. The minimum absolute atomic E-state index is 0.391. The molecule has 0 aromatic carbocycles. The SMILES string of the molecule is COCCC(Nc1nnc(C)s1)C(=O)O. The Hall–Kier alpha value is -1.21. The maximum Gasteiger partial charge on any atom is 0.326 e. The van der Waals surface area contributed by atoms with Crippen LogP contribution in [0.1, 0.15) is 11.4 Å². The number of methoxy groups -OCH3 is 1. The summed E-state index contributed by atoms with van der Waals surface area (Å²) in [5.41, 5.74) is 0. The van der Waals surface area contributed by atoms with Gasteiger partial charge in [0.2, 0.25) is 5.13 Å². The Labute approximate surface area is 91.3 Å². The highest BCUT2D eigenvalue weighted by Gasteiger charge is 2.18. The van der Waals surface area contributed by atoms with E-state index in [2.05, 4.69) is 15.5 Å². The van der Waals surface area contributed by atoms with E-state index in [9.17, 15) is 4.79 Å². The Morgan fingerprint density at radius 3 is 2.87 bits per heavy atom. The Morgan fingerprint density at radius 2 is 2.40 bits per heavy atom. The van der Waals surface area contributed by atoms with Crippen molar-refractivity contribution in [1.29, 1.82) is 0 Å². The summed E-state index contributed by atoms with van der Waals surface area (Å²) < 4.78 is 4.83. The standard InChI is InChI=1S/C8H13N3O3S/c1-5-10-11-8(15-5)9-6(7(12)13)3-4-14-2/h6H,3-4H2,1-2H3,(H,9,11)(H,12,13). The molecule has 0 spiro atoms. The van der Waals surface area contributed by atoms with Crippen LogP contribution < -0.4 is 5.32 Å². The summed E-state index contributed by atoms with van der Waals surface area (Å²) in [4.78, 5) is 10.9. The van der Waals surface area contributed by atoms with E-state index in [4.69, 9.17) is 9.84 Å². The van der Waals surface area contributed by atoms with Crippen LogP contribution in [0.4, 0.5) is 5.13 Å². The number of carbonyl (C=O) groups is 1. The quantitative estimate of drug-likeness (QED) is 0.751. The number of nitrogens with zero attached hydrogens (tertiary/aromatic N) is 2. The second kappa shape index (κ2) is 5.62. The van der Waals surface area contributed by atoms with Gasteiger partial charge in [-0.3, -0.25) is 0 Å². The minimum atomic E-state index is -0.917. The number of ether oxygens (including phenoxy) is 1. The van der Waals surface area contributed by atoms with Crippen LogP contribution in [-0.2, 0) is 9.53 Å². The summed E-state index contributed by atoms with van der Waals surface area (Å²) in [6.45, 7) is 2.20. The largest absolute Gasteiger partial charge is 0.480 e. The van der Waals surface area contributed by atoms with E-state index in [-0.39, 0.29) is 0 Å². The average molecular weight is 231 g/mol. The highest BCUT2D eigenvalue weighted by atomic mass is 32.1. The summed E-state index contributed by atoms with van der Waals surface area (Å²) in [7, 11) is 1.54. The Balaban J connectivity index is 2.54. The first-order valence-corrected chi connectivity index (χ1v) is 5.23. The van der Waals surface area contributed by atoms with E-state index < -0.39 is 12.0 Å². The maximum absolute atomic E-state index is 10.9. The molecule has 0 fully saturated rings. The van der Waals surface area contributed by atoms with Gasteiger partial charge in [0.1, 0.15) is 11.0 Å². The third-order valence-electron chi connectivity index (χ3n) is 1.73. The van der Waals surface area contributed by atoms with Gasteiger partial charge in [0.05, 0.1) is 0 Å². The molecular weight excluding hydrogens is 218 g/mol. The molecule has 6 nitrogen and oxygen atoms in total.